The smallest absolute Gasteiger partial charge is 0.124 e. The summed E-state index contributed by atoms with van der Waals surface area (Å²) in [5, 5.41) is 2.97. The first-order valence-electron chi connectivity index (χ1n) is 5.54. The Morgan fingerprint density at radius 1 is 1.21 bits per heavy atom. The molecule has 0 saturated carbocycles. The molecule has 0 radical (unpaired) electrons. The fourth-order valence-electron chi connectivity index (χ4n) is 1.43. The summed E-state index contributed by atoms with van der Waals surface area (Å²) < 4.78 is 5.68. The van der Waals surface area contributed by atoms with Gasteiger partial charge in [-0.25, -0.2) is 0 Å². The third-order valence-electron chi connectivity index (χ3n) is 2.33. The van der Waals surface area contributed by atoms with Crippen LogP contribution in [0.15, 0.2) is 29.6 Å². The topological polar surface area (TPSA) is 35.2 Å². The molecule has 2 rings (SSSR count). The van der Waals surface area contributed by atoms with E-state index in [4.69, 9.17) is 33.7 Å². The molecule has 1 aromatic heterocycles. The Morgan fingerprint density at radius 3 is 2.79 bits per heavy atom. The van der Waals surface area contributed by atoms with Crippen LogP contribution in [0.3, 0.4) is 0 Å². The van der Waals surface area contributed by atoms with Crippen LogP contribution in [0.25, 0.3) is 0 Å². The van der Waals surface area contributed by atoms with Gasteiger partial charge in [0, 0.05) is 11.6 Å². The molecule has 5 heteroatoms. The molecule has 1 aromatic carbocycles. The molecule has 0 aliphatic rings. The number of ether oxygens (including phenoxy) is 1. The molecule has 0 aliphatic heterocycles. The lowest BCUT2D eigenvalue weighted by molar-refractivity contribution is 0.309. The Kier molecular flexibility index (Phi) is 5.12. The molecule has 0 amide bonds. The Morgan fingerprint density at radius 2 is 2.05 bits per heavy atom. The van der Waals surface area contributed by atoms with Gasteiger partial charge in [0.2, 0.25) is 0 Å². The van der Waals surface area contributed by atoms with Gasteiger partial charge in [0.25, 0.3) is 0 Å². The summed E-state index contributed by atoms with van der Waals surface area (Å²) in [6, 6.07) is 7.15. The Hall–Kier alpha value is -1.18. The lowest BCUT2D eigenvalue weighted by Crippen LogP contribution is -1.96. The maximum absolute atomic E-state index is 5.93. The van der Waals surface area contributed by atoms with Gasteiger partial charge < -0.3 is 10.5 Å². The van der Waals surface area contributed by atoms with Crippen molar-refractivity contribution < 1.29 is 4.74 Å². The van der Waals surface area contributed by atoms with Crippen molar-refractivity contribution in [2.75, 3.05) is 6.54 Å². The molecule has 2 nitrogen and oxygen atoms in total. The van der Waals surface area contributed by atoms with Crippen LogP contribution in [0.1, 0.15) is 10.4 Å². The lowest BCUT2D eigenvalue weighted by Gasteiger charge is -2.06. The molecule has 1 heterocycles. The van der Waals surface area contributed by atoms with E-state index in [1.807, 2.05) is 11.4 Å². The second-order valence-electron chi connectivity index (χ2n) is 3.63. The third kappa shape index (κ3) is 3.89. The van der Waals surface area contributed by atoms with E-state index < -0.39 is 0 Å². The molecular weight excluding hydrogens is 301 g/mol. The molecule has 2 N–H and O–H groups in total. The van der Waals surface area contributed by atoms with Gasteiger partial charge in [0.15, 0.2) is 0 Å². The summed E-state index contributed by atoms with van der Waals surface area (Å²) in [5.74, 6) is 6.54. The first-order valence-corrected chi connectivity index (χ1v) is 7.17. The van der Waals surface area contributed by atoms with Crippen molar-refractivity contribution in [3.8, 4) is 17.6 Å². The van der Waals surface area contributed by atoms with Crippen molar-refractivity contribution in [3.63, 3.8) is 0 Å². The third-order valence-corrected chi connectivity index (χ3v) is 3.97. The standard InChI is InChI=1S/C14H11Cl2NOS/c15-12-4-3-11(8-13(12)16)18-9-14-10(2-1-6-17)5-7-19-14/h3-5,7-8H,6,9,17H2. The SMILES string of the molecule is NCC#Cc1ccsc1COc1ccc(Cl)c(Cl)c1. The number of thiophene rings is 1. The highest BCUT2D eigenvalue weighted by Gasteiger charge is 2.04. The van der Waals surface area contributed by atoms with Crippen molar-refractivity contribution in [2.24, 2.45) is 5.73 Å². The van der Waals surface area contributed by atoms with Crippen molar-refractivity contribution >= 4 is 34.5 Å². The van der Waals surface area contributed by atoms with Gasteiger partial charge in [-0.1, -0.05) is 35.0 Å². The van der Waals surface area contributed by atoms with Crippen molar-refractivity contribution in [1.29, 1.82) is 0 Å². The number of benzene rings is 1. The molecule has 0 aliphatic carbocycles. The number of hydrogen-bond donors (Lipinski definition) is 1. The van der Waals surface area contributed by atoms with Gasteiger partial charge in [0.1, 0.15) is 12.4 Å². The van der Waals surface area contributed by atoms with Gasteiger partial charge in [-0.15, -0.1) is 11.3 Å². The maximum Gasteiger partial charge on any atom is 0.124 e. The fraction of sp³-hybridized carbons (Fsp3) is 0.143. The van der Waals surface area contributed by atoms with Crippen LogP contribution in [0.2, 0.25) is 10.0 Å². The molecule has 0 unspecified atom stereocenters. The van der Waals surface area contributed by atoms with Crippen LogP contribution in [-0.2, 0) is 6.61 Å². The minimum atomic E-state index is 0.350. The van der Waals surface area contributed by atoms with E-state index in [0.29, 0.717) is 28.9 Å². The number of rotatable bonds is 3. The molecule has 0 atom stereocenters. The predicted molar refractivity (Wildman–Crippen MR) is 81.0 cm³/mol. The average Bonchev–Trinajstić information content (AvgIpc) is 2.85. The summed E-state index contributed by atoms with van der Waals surface area (Å²) in [6.07, 6.45) is 0. The highest BCUT2D eigenvalue weighted by Crippen LogP contribution is 2.27. The van der Waals surface area contributed by atoms with Gasteiger partial charge >= 0.3 is 0 Å². The van der Waals surface area contributed by atoms with Gasteiger partial charge in [-0.3, -0.25) is 0 Å². The van der Waals surface area contributed by atoms with E-state index in [9.17, 15) is 0 Å². The highest BCUT2D eigenvalue weighted by molar-refractivity contribution is 7.10. The summed E-state index contributed by atoms with van der Waals surface area (Å²) in [7, 11) is 0. The molecule has 0 fully saturated rings. The molecular formula is C14H11Cl2NOS. The number of halogens is 2. The second-order valence-corrected chi connectivity index (χ2v) is 5.44. The van der Waals surface area contributed by atoms with Crippen molar-refractivity contribution in [2.45, 2.75) is 6.61 Å². The Bertz CT molecular complexity index is 628. The molecule has 0 saturated heterocycles. The van der Waals surface area contributed by atoms with Crippen molar-refractivity contribution in [1.82, 2.24) is 0 Å². The van der Waals surface area contributed by atoms with E-state index in [1.165, 1.54) is 0 Å². The first-order chi connectivity index (χ1) is 9.20. The molecule has 0 spiro atoms. The largest absolute Gasteiger partial charge is 0.488 e. The van der Waals surface area contributed by atoms with Crippen LogP contribution < -0.4 is 10.5 Å². The zero-order valence-electron chi connectivity index (χ0n) is 9.95. The minimum Gasteiger partial charge on any atom is -0.488 e. The van der Waals surface area contributed by atoms with E-state index in [2.05, 4.69) is 11.8 Å². The number of hydrogen-bond acceptors (Lipinski definition) is 3. The molecule has 2 aromatic rings. The minimum absolute atomic E-state index is 0.350. The van der Waals surface area contributed by atoms with Gasteiger partial charge in [-0.2, -0.15) is 0 Å². The number of nitrogens with two attached hydrogens (primary N) is 1. The summed E-state index contributed by atoms with van der Waals surface area (Å²) >= 11 is 13.4. The quantitative estimate of drug-likeness (QED) is 0.871. The fourth-order valence-corrected chi connectivity index (χ4v) is 2.46. The van der Waals surface area contributed by atoms with Crippen LogP contribution in [-0.4, -0.2) is 6.54 Å². The van der Waals surface area contributed by atoms with Crippen LogP contribution in [0, 0.1) is 11.8 Å². The molecule has 0 bridgehead atoms. The van der Waals surface area contributed by atoms with Crippen LogP contribution in [0.5, 0.6) is 5.75 Å². The average molecular weight is 312 g/mol. The Balaban J connectivity index is 2.06. The zero-order valence-corrected chi connectivity index (χ0v) is 12.3. The monoisotopic (exact) mass is 311 g/mol. The van der Waals surface area contributed by atoms with E-state index in [1.54, 1.807) is 29.5 Å². The van der Waals surface area contributed by atoms with E-state index in [-0.39, 0.29) is 0 Å². The highest BCUT2D eigenvalue weighted by atomic mass is 35.5. The predicted octanol–water partition coefficient (Wildman–Crippen LogP) is 3.94. The van der Waals surface area contributed by atoms with E-state index in [0.717, 1.165) is 10.4 Å². The normalized spacial score (nSPS) is 9.84. The maximum atomic E-state index is 5.93. The zero-order chi connectivity index (χ0) is 13.7. The lowest BCUT2D eigenvalue weighted by atomic mass is 10.2. The molecule has 98 valence electrons. The van der Waals surface area contributed by atoms with Gasteiger partial charge in [0.05, 0.1) is 21.5 Å². The second kappa shape index (κ2) is 6.83. The summed E-state index contributed by atoms with van der Waals surface area (Å²) in [6.45, 7) is 0.799. The van der Waals surface area contributed by atoms with Crippen LogP contribution >= 0.6 is 34.5 Å². The van der Waals surface area contributed by atoms with E-state index >= 15 is 0 Å². The first kappa shape index (κ1) is 14.2. The summed E-state index contributed by atoms with van der Waals surface area (Å²) in [5.41, 5.74) is 6.32. The van der Waals surface area contributed by atoms with Crippen LogP contribution in [0.4, 0.5) is 0 Å². The van der Waals surface area contributed by atoms with Gasteiger partial charge in [-0.05, 0) is 23.6 Å². The van der Waals surface area contributed by atoms with Crippen molar-refractivity contribution in [3.05, 3.63) is 50.1 Å². The Labute approximate surface area is 126 Å². The summed E-state index contributed by atoms with van der Waals surface area (Å²) in [4.78, 5) is 1.06. The molecule has 19 heavy (non-hydrogen) atoms.